The predicted octanol–water partition coefficient (Wildman–Crippen LogP) is 2.87. The Labute approximate surface area is 141 Å². The van der Waals surface area contributed by atoms with Crippen molar-refractivity contribution in [3.8, 4) is 0 Å². The molecule has 1 aliphatic heterocycles. The number of amides is 1. The fraction of sp³-hybridized carbons (Fsp3) is 0.562. The van der Waals surface area contributed by atoms with E-state index in [9.17, 15) is 9.90 Å². The second kappa shape index (κ2) is 8.16. The highest BCUT2D eigenvalue weighted by Gasteiger charge is 2.22. The zero-order valence-electron chi connectivity index (χ0n) is 12.7. The second-order valence-corrected chi connectivity index (χ2v) is 6.65. The molecule has 2 unspecified atom stereocenters. The average molecular weight is 345 g/mol. The van der Waals surface area contributed by atoms with Crippen molar-refractivity contribution < 1.29 is 9.90 Å². The molecule has 0 aliphatic carbocycles. The zero-order chi connectivity index (χ0) is 16.1. The van der Waals surface area contributed by atoms with Crippen LogP contribution in [0.3, 0.4) is 0 Å². The Hall–Kier alpha value is -0.810. The van der Waals surface area contributed by atoms with Gasteiger partial charge >= 0.3 is 0 Å². The number of benzene rings is 1. The van der Waals surface area contributed by atoms with Crippen molar-refractivity contribution in [2.45, 2.75) is 25.9 Å². The first-order valence-corrected chi connectivity index (χ1v) is 8.36. The molecule has 2 atom stereocenters. The number of rotatable bonds is 6. The smallest absolute Gasteiger partial charge is 0.222 e. The van der Waals surface area contributed by atoms with E-state index in [1.165, 1.54) is 0 Å². The van der Waals surface area contributed by atoms with E-state index < -0.39 is 6.10 Å². The van der Waals surface area contributed by atoms with Crippen LogP contribution in [0, 0.1) is 5.92 Å². The van der Waals surface area contributed by atoms with E-state index in [1.807, 2.05) is 0 Å². The number of nitrogens with zero attached hydrogens (tertiary/aromatic N) is 1. The Morgan fingerprint density at radius 3 is 2.68 bits per heavy atom. The number of aliphatic hydroxyl groups is 1. The summed E-state index contributed by atoms with van der Waals surface area (Å²) in [5.41, 5.74) is 0.561. The minimum atomic E-state index is -0.896. The molecular formula is C16H22Cl2N2O2. The number of hydrogen-bond acceptors (Lipinski definition) is 3. The maximum absolute atomic E-state index is 12.0. The van der Waals surface area contributed by atoms with Crippen LogP contribution in [-0.4, -0.2) is 42.1 Å². The highest BCUT2D eigenvalue weighted by Crippen LogP contribution is 2.25. The van der Waals surface area contributed by atoms with E-state index in [0.717, 1.165) is 26.1 Å². The molecule has 1 aliphatic rings. The summed E-state index contributed by atoms with van der Waals surface area (Å²) in [4.78, 5) is 14.3. The van der Waals surface area contributed by atoms with Crippen LogP contribution in [0.1, 0.15) is 31.4 Å². The van der Waals surface area contributed by atoms with Crippen molar-refractivity contribution in [1.82, 2.24) is 10.2 Å². The van der Waals surface area contributed by atoms with Gasteiger partial charge in [-0.3, -0.25) is 4.79 Å². The van der Waals surface area contributed by atoms with E-state index in [4.69, 9.17) is 23.2 Å². The molecule has 4 nitrogen and oxygen atoms in total. The van der Waals surface area contributed by atoms with Crippen LogP contribution >= 0.6 is 23.2 Å². The van der Waals surface area contributed by atoms with Gasteiger partial charge in [-0.2, -0.15) is 0 Å². The Bertz CT molecular complexity index is 505. The summed E-state index contributed by atoms with van der Waals surface area (Å²) in [5.74, 6) is 0.347. The van der Waals surface area contributed by atoms with Gasteiger partial charge in [0.2, 0.25) is 5.91 Å². The van der Waals surface area contributed by atoms with Gasteiger partial charge in [-0.1, -0.05) is 30.1 Å². The van der Waals surface area contributed by atoms with Gasteiger partial charge in [-0.15, -0.1) is 0 Å². The first-order chi connectivity index (χ1) is 10.5. The zero-order valence-corrected chi connectivity index (χ0v) is 14.2. The second-order valence-electron chi connectivity index (χ2n) is 5.77. The Morgan fingerprint density at radius 1 is 1.41 bits per heavy atom. The molecular weight excluding hydrogens is 323 g/mol. The van der Waals surface area contributed by atoms with Crippen molar-refractivity contribution in [1.29, 1.82) is 0 Å². The van der Waals surface area contributed by atoms with Gasteiger partial charge in [0, 0.05) is 23.1 Å². The van der Waals surface area contributed by atoms with Gasteiger partial charge in [-0.25, -0.2) is 0 Å². The van der Waals surface area contributed by atoms with Gasteiger partial charge in [0.25, 0.3) is 0 Å². The molecule has 0 saturated carbocycles. The monoisotopic (exact) mass is 344 g/mol. The lowest BCUT2D eigenvalue weighted by atomic mass is 10.1. The lowest BCUT2D eigenvalue weighted by molar-refractivity contribution is -0.123. The first kappa shape index (κ1) is 17.5. The Balaban J connectivity index is 1.79. The van der Waals surface area contributed by atoms with Crippen molar-refractivity contribution in [3.05, 3.63) is 33.8 Å². The largest absolute Gasteiger partial charge is 0.388 e. The molecule has 1 amide bonds. The number of nitrogens with one attached hydrogen (secondary N) is 1. The third-order valence-electron chi connectivity index (χ3n) is 4.05. The molecule has 1 aromatic carbocycles. The quantitative estimate of drug-likeness (QED) is 0.834. The summed E-state index contributed by atoms with van der Waals surface area (Å²) in [6.45, 7) is 5.99. The molecule has 2 N–H and O–H groups in total. The summed E-state index contributed by atoms with van der Waals surface area (Å²) >= 11 is 11.8. The lowest BCUT2D eigenvalue weighted by Crippen LogP contribution is -2.31. The van der Waals surface area contributed by atoms with Gasteiger partial charge in [-0.05, 0) is 49.2 Å². The minimum absolute atomic E-state index is 0.0148. The maximum atomic E-state index is 12.0. The number of carbonyl (C=O) groups excluding carboxylic acids is 1. The Morgan fingerprint density at radius 2 is 2.09 bits per heavy atom. The molecule has 2 rings (SSSR count). The Kier molecular flexibility index (Phi) is 6.50. The minimum Gasteiger partial charge on any atom is -0.388 e. The highest BCUT2D eigenvalue weighted by molar-refractivity contribution is 6.34. The number of likely N-dealkylation sites (tertiary alicyclic amines) is 1. The van der Waals surface area contributed by atoms with Crippen molar-refractivity contribution in [2.24, 2.45) is 5.92 Å². The molecule has 0 bridgehead atoms. The number of aliphatic hydroxyl groups excluding tert-OH is 1. The fourth-order valence-electron chi connectivity index (χ4n) is 2.76. The first-order valence-electron chi connectivity index (χ1n) is 7.61. The summed E-state index contributed by atoms with van der Waals surface area (Å²) < 4.78 is 0. The number of carbonyl (C=O) groups is 1. The molecule has 22 heavy (non-hydrogen) atoms. The molecule has 122 valence electrons. The molecule has 6 heteroatoms. The van der Waals surface area contributed by atoms with Gasteiger partial charge in [0.1, 0.15) is 0 Å². The third kappa shape index (κ3) is 5.13. The maximum Gasteiger partial charge on any atom is 0.222 e. The number of halogens is 2. The van der Waals surface area contributed by atoms with E-state index in [1.54, 1.807) is 18.2 Å². The van der Waals surface area contributed by atoms with Gasteiger partial charge in [0.15, 0.2) is 0 Å². The number of hydrogen-bond donors (Lipinski definition) is 2. The fourth-order valence-corrected chi connectivity index (χ4v) is 3.30. The molecule has 0 aromatic heterocycles. The molecule has 0 spiro atoms. The standard InChI is InChI=1S/C16H22Cl2N2O2/c1-2-20-4-3-11(10-20)9-19-16(22)8-15(21)12-5-13(17)7-14(18)6-12/h5-7,11,15,21H,2-4,8-10H2,1H3,(H,19,22). The van der Waals surface area contributed by atoms with E-state index >= 15 is 0 Å². The van der Waals surface area contributed by atoms with Gasteiger partial charge < -0.3 is 15.3 Å². The van der Waals surface area contributed by atoms with Crippen LogP contribution in [0.5, 0.6) is 0 Å². The van der Waals surface area contributed by atoms with Crippen LogP contribution in [0.25, 0.3) is 0 Å². The average Bonchev–Trinajstić information content (AvgIpc) is 2.92. The molecule has 1 heterocycles. The van der Waals surface area contributed by atoms with Crippen LogP contribution in [0.4, 0.5) is 0 Å². The normalized spacial score (nSPS) is 20.1. The summed E-state index contributed by atoms with van der Waals surface area (Å²) in [5, 5.41) is 13.9. The highest BCUT2D eigenvalue weighted by atomic mass is 35.5. The molecule has 1 saturated heterocycles. The summed E-state index contributed by atoms with van der Waals surface area (Å²) in [6.07, 6.45) is 0.230. The van der Waals surface area contributed by atoms with E-state index in [-0.39, 0.29) is 12.3 Å². The van der Waals surface area contributed by atoms with E-state index in [2.05, 4.69) is 17.1 Å². The van der Waals surface area contributed by atoms with Crippen LogP contribution < -0.4 is 5.32 Å². The van der Waals surface area contributed by atoms with Crippen molar-refractivity contribution in [3.63, 3.8) is 0 Å². The van der Waals surface area contributed by atoms with Gasteiger partial charge in [0.05, 0.1) is 12.5 Å². The van der Waals surface area contributed by atoms with Crippen molar-refractivity contribution >= 4 is 29.1 Å². The molecule has 0 radical (unpaired) electrons. The predicted molar refractivity (Wildman–Crippen MR) is 89.3 cm³/mol. The van der Waals surface area contributed by atoms with Crippen LogP contribution in [-0.2, 0) is 4.79 Å². The van der Waals surface area contributed by atoms with E-state index in [0.29, 0.717) is 28.1 Å². The summed E-state index contributed by atoms with van der Waals surface area (Å²) in [6, 6.07) is 4.85. The summed E-state index contributed by atoms with van der Waals surface area (Å²) in [7, 11) is 0. The SMILES string of the molecule is CCN1CCC(CNC(=O)CC(O)c2cc(Cl)cc(Cl)c2)C1. The topological polar surface area (TPSA) is 52.6 Å². The van der Waals surface area contributed by atoms with Crippen molar-refractivity contribution in [2.75, 3.05) is 26.2 Å². The molecule has 1 aromatic rings. The third-order valence-corrected chi connectivity index (χ3v) is 4.49. The lowest BCUT2D eigenvalue weighted by Gasteiger charge is -2.15. The van der Waals surface area contributed by atoms with Crippen LogP contribution in [0.2, 0.25) is 10.0 Å². The molecule has 1 fully saturated rings. The van der Waals surface area contributed by atoms with Crippen LogP contribution in [0.15, 0.2) is 18.2 Å².